The highest BCUT2D eigenvalue weighted by Gasteiger charge is 2.34. The molecule has 1 amide bonds. The first-order valence-corrected chi connectivity index (χ1v) is 8.65. The van der Waals surface area contributed by atoms with Crippen molar-refractivity contribution in [3.8, 4) is 12.3 Å². The molecule has 1 atom stereocenters. The van der Waals surface area contributed by atoms with Gasteiger partial charge in [0.25, 0.3) is 0 Å². The Morgan fingerprint density at radius 3 is 2.55 bits per heavy atom. The van der Waals surface area contributed by atoms with E-state index < -0.39 is 9.84 Å². The summed E-state index contributed by atoms with van der Waals surface area (Å²) in [6.45, 7) is 6.82. The molecule has 114 valence electrons. The van der Waals surface area contributed by atoms with E-state index in [4.69, 9.17) is 6.42 Å². The Balaban J connectivity index is 2.58. The molecule has 20 heavy (non-hydrogen) atoms. The molecule has 0 aromatic rings. The number of carbonyl (C=O) groups is 1. The van der Waals surface area contributed by atoms with Crippen LogP contribution in [0.4, 0.5) is 0 Å². The lowest BCUT2D eigenvalue weighted by Crippen LogP contribution is -2.44. The maximum absolute atomic E-state index is 12.2. The topological polar surface area (TPSA) is 66.5 Å². The van der Waals surface area contributed by atoms with Gasteiger partial charge in [0.05, 0.1) is 18.1 Å². The van der Waals surface area contributed by atoms with E-state index in [1.165, 1.54) is 4.90 Å². The largest absolute Gasteiger partial charge is 0.327 e. The lowest BCUT2D eigenvalue weighted by molar-refractivity contribution is -0.132. The van der Waals surface area contributed by atoms with Crippen molar-refractivity contribution in [1.29, 1.82) is 0 Å². The van der Waals surface area contributed by atoms with Crippen LogP contribution in [-0.4, -0.2) is 55.4 Å². The summed E-state index contributed by atoms with van der Waals surface area (Å²) in [6.07, 6.45) is 6.11. The summed E-state index contributed by atoms with van der Waals surface area (Å²) in [5.74, 6) is 2.55. The van der Waals surface area contributed by atoms with Crippen LogP contribution in [0, 0.1) is 12.3 Å². The molecule has 0 bridgehead atoms. The van der Waals surface area contributed by atoms with Crippen molar-refractivity contribution < 1.29 is 13.2 Å². The summed E-state index contributed by atoms with van der Waals surface area (Å²) in [7, 11) is -3.01. The van der Waals surface area contributed by atoms with Crippen molar-refractivity contribution >= 4 is 15.7 Å². The second-order valence-electron chi connectivity index (χ2n) is 6.21. The van der Waals surface area contributed by atoms with E-state index in [2.05, 4.69) is 11.2 Å². The molecular weight excluding hydrogens is 276 g/mol. The molecule has 5 nitrogen and oxygen atoms in total. The quantitative estimate of drug-likeness (QED) is 0.747. The molecule has 1 rings (SSSR count). The van der Waals surface area contributed by atoms with Gasteiger partial charge in [-0.1, -0.05) is 5.92 Å². The summed E-state index contributed by atoms with van der Waals surface area (Å²) >= 11 is 0. The van der Waals surface area contributed by atoms with Crippen LogP contribution in [0.3, 0.4) is 0 Å². The fourth-order valence-corrected chi connectivity index (χ4v) is 3.96. The van der Waals surface area contributed by atoms with E-state index >= 15 is 0 Å². The molecule has 0 aliphatic carbocycles. The predicted molar refractivity (Wildman–Crippen MR) is 80.0 cm³/mol. The van der Waals surface area contributed by atoms with Crippen molar-refractivity contribution in [2.24, 2.45) is 0 Å². The lowest BCUT2D eigenvalue weighted by Gasteiger charge is -2.27. The monoisotopic (exact) mass is 300 g/mol. The average molecular weight is 300 g/mol. The second-order valence-corrected chi connectivity index (χ2v) is 8.44. The van der Waals surface area contributed by atoms with Crippen LogP contribution in [0.2, 0.25) is 0 Å². The van der Waals surface area contributed by atoms with E-state index in [0.717, 1.165) is 0 Å². The number of carbonyl (C=O) groups excluding carboxylic acids is 1. The van der Waals surface area contributed by atoms with Gasteiger partial charge in [0.2, 0.25) is 5.91 Å². The minimum Gasteiger partial charge on any atom is -0.327 e. The van der Waals surface area contributed by atoms with E-state index in [9.17, 15) is 13.2 Å². The summed E-state index contributed by atoms with van der Waals surface area (Å²) < 4.78 is 23.0. The SMILES string of the molecule is C#CCN(C(=O)CCNC(C)(C)C)C1CCS(=O)(=O)C1. The zero-order valence-corrected chi connectivity index (χ0v) is 13.3. The number of nitrogens with one attached hydrogen (secondary N) is 1. The van der Waals surface area contributed by atoms with Crippen molar-refractivity contribution in [3.63, 3.8) is 0 Å². The Hall–Kier alpha value is -1.06. The molecule has 1 heterocycles. The molecule has 1 unspecified atom stereocenters. The molecule has 6 heteroatoms. The molecule has 0 spiro atoms. The first-order chi connectivity index (χ1) is 9.14. The van der Waals surface area contributed by atoms with Crippen LogP contribution in [0.25, 0.3) is 0 Å². The van der Waals surface area contributed by atoms with E-state index in [1.54, 1.807) is 0 Å². The van der Waals surface area contributed by atoms with Crippen molar-refractivity contribution in [1.82, 2.24) is 10.2 Å². The van der Waals surface area contributed by atoms with Crippen LogP contribution in [-0.2, 0) is 14.6 Å². The fourth-order valence-electron chi connectivity index (χ4n) is 2.23. The number of sulfone groups is 1. The van der Waals surface area contributed by atoms with Gasteiger partial charge in [0.1, 0.15) is 0 Å². The molecule has 1 fully saturated rings. The minimum absolute atomic E-state index is 0.0348. The van der Waals surface area contributed by atoms with Gasteiger partial charge >= 0.3 is 0 Å². The Morgan fingerprint density at radius 1 is 1.45 bits per heavy atom. The van der Waals surface area contributed by atoms with E-state index in [-0.39, 0.29) is 35.5 Å². The van der Waals surface area contributed by atoms with Crippen LogP contribution in [0.1, 0.15) is 33.6 Å². The Kier molecular flexibility index (Phi) is 5.60. The van der Waals surface area contributed by atoms with Crippen LogP contribution < -0.4 is 5.32 Å². The van der Waals surface area contributed by atoms with Crippen LogP contribution >= 0.6 is 0 Å². The third-order valence-corrected chi connectivity index (χ3v) is 4.98. The fraction of sp³-hybridized carbons (Fsp3) is 0.786. The number of nitrogens with zero attached hydrogens (tertiary/aromatic N) is 1. The van der Waals surface area contributed by atoms with Crippen molar-refractivity contribution in [3.05, 3.63) is 0 Å². The smallest absolute Gasteiger partial charge is 0.224 e. The van der Waals surface area contributed by atoms with Gasteiger partial charge in [-0.15, -0.1) is 6.42 Å². The Bertz CT molecular complexity index is 486. The molecule has 0 aromatic heterocycles. The van der Waals surface area contributed by atoms with E-state index in [1.807, 2.05) is 20.8 Å². The third kappa shape index (κ3) is 5.51. The van der Waals surface area contributed by atoms with Gasteiger partial charge in [-0.2, -0.15) is 0 Å². The van der Waals surface area contributed by atoms with E-state index in [0.29, 0.717) is 19.4 Å². The number of rotatable bonds is 5. The molecule has 1 aliphatic heterocycles. The molecule has 1 saturated heterocycles. The van der Waals surface area contributed by atoms with Gasteiger partial charge in [0.15, 0.2) is 9.84 Å². The van der Waals surface area contributed by atoms with Crippen LogP contribution in [0.15, 0.2) is 0 Å². The summed E-state index contributed by atoms with van der Waals surface area (Å²) in [4.78, 5) is 13.7. The van der Waals surface area contributed by atoms with Gasteiger partial charge in [-0.3, -0.25) is 4.79 Å². The Labute approximate surface area is 122 Å². The van der Waals surface area contributed by atoms with Gasteiger partial charge in [-0.05, 0) is 27.2 Å². The summed E-state index contributed by atoms with van der Waals surface area (Å²) in [6, 6.07) is -0.266. The highest BCUT2D eigenvalue weighted by atomic mass is 32.2. The lowest BCUT2D eigenvalue weighted by atomic mass is 10.1. The number of terminal acetylenes is 1. The minimum atomic E-state index is -3.01. The highest BCUT2D eigenvalue weighted by molar-refractivity contribution is 7.91. The Morgan fingerprint density at radius 2 is 2.10 bits per heavy atom. The molecule has 0 aromatic carbocycles. The number of hydrogen-bond donors (Lipinski definition) is 1. The normalized spacial score (nSPS) is 21.4. The molecule has 1 N–H and O–H groups in total. The van der Waals surface area contributed by atoms with Crippen molar-refractivity contribution in [2.75, 3.05) is 24.6 Å². The standard InChI is InChI=1S/C14H24N2O3S/c1-5-9-16(12-7-10-20(18,19)11-12)13(17)6-8-15-14(2,3)4/h1,12,15H,6-11H2,2-4H3. The molecular formula is C14H24N2O3S. The van der Waals surface area contributed by atoms with Gasteiger partial charge < -0.3 is 10.2 Å². The molecule has 0 radical (unpaired) electrons. The highest BCUT2D eigenvalue weighted by Crippen LogP contribution is 2.18. The zero-order valence-electron chi connectivity index (χ0n) is 12.5. The van der Waals surface area contributed by atoms with Crippen LogP contribution in [0.5, 0.6) is 0 Å². The molecule has 0 saturated carbocycles. The number of amides is 1. The predicted octanol–water partition coefficient (Wildman–Crippen LogP) is 0.414. The first kappa shape index (κ1) is 17.0. The maximum Gasteiger partial charge on any atom is 0.224 e. The summed E-state index contributed by atoms with van der Waals surface area (Å²) in [5.41, 5.74) is -0.0477. The first-order valence-electron chi connectivity index (χ1n) is 6.83. The molecule has 1 aliphatic rings. The third-order valence-electron chi connectivity index (χ3n) is 3.23. The van der Waals surface area contributed by atoms with Crippen molar-refractivity contribution in [2.45, 2.75) is 45.2 Å². The number of hydrogen-bond acceptors (Lipinski definition) is 4. The maximum atomic E-state index is 12.2. The zero-order chi connectivity index (χ0) is 15.4. The second kappa shape index (κ2) is 6.59. The van der Waals surface area contributed by atoms with Gasteiger partial charge in [-0.25, -0.2) is 8.42 Å². The average Bonchev–Trinajstić information content (AvgIpc) is 2.64. The van der Waals surface area contributed by atoms with Gasteiger partial charge in [0, 0.05) is 24.5 Å². The summed E-state index contributed by atoms with van der Waals surface area (Å²) in [5, 5.41) is 3.24.